The molecule has 0 bridgehead atoms. The van der Waals surface area contributed by atoms with E-state index < -0.39 is 5.97 Å². The van der Waals surface area contributed by atoms with Gasteiger partial charge in [-0.25, -0.2) is 4.79 Å². The highest BCUT2D eigenvalue weighted by Gasteiger charge is 2.13. The van der Waals surface area contributed by atoms with Crippen LogP contribution in [0.4, 0.5) is 5.69 Å². The van der Waals surface area contributed by atoms with Crippen LogP contribution in [0.3, 0.4) is 0 Å². The van der Waals surface area contributed by atoms with Crippen molar-refractivity contribution in [3.8, 4) is 16.9 Å². The predicted molar refractivity (Wildman–Crippen MR) is 112 cm³/mol. The molecule has 1 aliphatic rings. The molecule has 0 spiro atoms. The summed E-state index contributed by atoms with van der Waals surface area (Å²) in [5.41, 5.74) is 4.38. The fourth-order valence-electron chi connectivity index (χ4n) is 3.09. The van der Waals surface area contributed by atoms with E-state index in [-0.39, 0.29) is 0 Å². The van der Waals surface area contributed by atoms with Crippen LogP contribution < -0.4 is 10.1 Å². The summed E-state index contributed by atoms with van der Waals surface area (Å²) in [6.07, 6.45) is 4.48. The normalized spacial score (nSPS) is 13.1. The van der Waals surface area contributed by atoms with Crippen LogP contribution >= 0.6 is 0 Å². The molecule has 0 atom stereocenters. The van der Waals surface area contributed by atoms with Gasteiger partial charge in [0.05, 0.1) is 6.61 Å². The number of hydrogen-bond acceptors (Lipinski definition) is 4. The van der Waals surface area contributed by atoms with E-state index in [2.05, 4.69) is 12.2 Å². The zero-order valence-corrected chi connectivity index (χ0v) is 16.2. The third-order valence-electron chi connectivity index (χ3n) is 4.69. The van der Waals surface area contributed by atoms with Gasteiger partial charge in [-0.3, -0.25) is 0 Å². The molecule has 0 unspecified atom stereocenters. The molecule has 0 amide bonds. The minimum absolute atomic E-state index is 0.424. The Morgan fingerprint density at radius 1 is 1.07 bits per heavy atom. The molecule has 0 radical (unpaired) electrons. The Hall–Kier alpha value is -2.79. The quantitative estimate of drug-likeness (QED) is 0.609. The highest BCUT2D eigenvalue weighted by Crippen LogP contribution is 2.30. The van der Waals surface area contributed by atoms with E-state index in [1.807, 2.05) is 42.5 Å². The monoisotopic (exact) mass is 381 g/mol. The molecule has 5 nitrogen and oxygen atoms in total. The van der Waals surface area contributed by atoms with Crippen molar-refractivity contribution in [3.05, 3.63) is 53.6 Å². The first-order valence-corrected chi connectivity index (χ1v) is 9.80. The average Bonchev–Trinajstić information content (AvgIpc) is 2.93. The van der Waals surface area contributed by atoms with Crippen molar-refractivity contribution in [2.75, 3.05) is 31.7 Å². The molecular weight excluding hydrogens is 354 g/mol. The molecule has 2 aromatic carbocycles. The molecule has 2 N–H and O–H groups in total. The number of benzene rings is 2. The lowest BCUT2D eigenvalue weighted by Gasteiger charge is -2.10. The number of carboxylic acids is 1. The van der Waals surface area contributed by atoms with E-state index in [0.29, 0.717) is 31.8 Å². The van der Waals surface area contributed by atoms with Gasteiger partial charge in [0.2, 0.25) is 0 Å². The summed E-state index contributed by atoms with van der Waals surface area (Å²) in [7, 11) is 0. The van der Waals surface area contributed by atoms with Gasteiger partial charge in [-0.15, -0.1) is 0 Å². The lowest BCUT2D eigenvalue weighted by molar-refractivity contribution is -0.132. The maximum absolute atomic E-state index is 11.4. The lowest BCUT2D eigenvalue weighted by atomic mass is 10.0. The van der Waals surface area contributed by atoms with Crippen LogP contribution in [0.5, 0.6) is 5.75 Å². The van der Waals surface area contributed by atoms with Gasteiger partial charge in [0, 0.05) is 24.4 Å². The summed E-state index contributed by atoms with van der Waals surface area (Å²) in [6.45, 7) is 4.68. The number of carbonyl (C=O) groups is 1. The minimum atomic E-state index is -0.861. The van der Waals surface area contributed by atoms with Crippen LogP contribution in [0.1, 0.15) is 31.7 Å². The van der Waals surface area contributed by atoms with Crippen molar-refractivity contribution in [3.63, 3.8) is 0 Å². The molecule has 0 aromatic heterocycles. The Balaban J connectivity index is 1.66. The predicted octanol–water partition coefficient (Wildman–Crippen LogP) is 4.83. The van der Waals surface area contributed by atoms with Crippen molar-refractivity contribution in [2.45, 2.75) is 26.2 Å². The largest absolute Gasteiger partial charge is 0.491 e. The van der Waals surface area contributed by atoms with E-state index >= 15 is 0 Å². The van der Waals surface area contributed by atoms with Gasteiger partial charge in [0.1, 0.15) is 12.4 Å². The second-order valence-electron chi connectivity index (χ2n) is 6.79. The molecule has 0 aliphatic carbocycles. The van der Waals surface area contributed by atoms with Gasteiger partial charge < -0.3 is 19.9 Å². The maximum Gasteiger partial charge on any atom is 0.331 e. The van der Waals surface area contributed by atoms with Gasteiger partial charge in [-0.05, 0) is 59.9 Å². The molecule has 0 fully saturated rings. The number of rotatable bonds is 9. The molecule has 148 valence electrons. The second kappa shape index (κ2) is 9.95. The van der Waals surface area contributed by atoms with Crippen LogP contribution in [-0.4, -0.2) is 37.4 Å². The van der Waals surface area contributed by atoms with Crippen molar-refractivity contribution in [1.82, 2.24) is 0 Å². The summed E-state index contributed by atoms with van der Waals surface area (Å²) in [5, 5.41) is 12.6. The lowest BCUT2D eigenvalue weighted by Crippen LogP contribution is -2.07. The number of hydrogen-bond donors (Lipinski definition) is 2. The second-order valence-corrected chi connectivity index (χ2v) is 6.79. The van der Waals surface area contributed by atoms with Gasteiger partial charge in [-0.1, -0.05) is 31.5 Å². The van der Waals surface area contributed by atoms with Crippen LogP contribution in [0.15, 0.2) is 48.0 Å². The molecule has 5 heteroatoms. The van der Waals surface area contributed by atoms with Gasteiger partial charge in [0.25, 0.3) is 0 Å². The Morgan fingerprint density at radius 2 is 1.86 bits per heavy atom. The number of unbranched alkanes of at least 4 members (excludes halogenated alkanes) is 1. The number of aliphatic carboxylic acids is 1. The SMILES string of the molecule is CCCCOCCOc1ccc(-c2ccc3c(c2)C=C(C(=O)O)CCN3)cc1. The van der Waals surface area contributed by atoms with Gasteiger partial charge in [0.15, 0.2) is 0 Å². The summed E-state index contributed by atoms with van der Waals surface area (Å²) in [6, 6.07) is 14.0. The van der Waals surface area contributed by atoms with E-state index in [1.54, 1.807) is 6.08 Å². The highest BCUT2D eigenvalue weighted by molar-refractivity contribution is 5.94. The number of anilines is 1. The molecule has 0 saturated heterocycles. The Labute approximate surface area is 166 Å². The van der Waals surface area contributed by atoms with Crippen LogP contribution in [0.25, 0.3) is 17.2 Å². The first-order chi connectivity index (χ1) is 13.7. The third-order valence-corrected chi connectivity index (χ3v) is 4.69. The van der Waals surface area contributed by atoms with Crippen molar-refractivity contribution in [1.29, 1.82) is 0 Å². The van der Waals surface area contributed by atoms with Gasteiger partial charge >= 0.3 is 5.97 Å². The van der Waals surface area contributed by atoms with Crippen LogP contribution in [-0.2, 0) is 9.53 Å². The number of carboxylic acid groups (broad SMARTS) is 1. The molecule has 0 saturated carbocycles. The molecule has 28 heavy (non-hydrogen) atoms. The minimum Gasteiger partial charge on any atom is -0.491 e. The first kappa shape index (κ1) is 20.0. The van der Waals surface area contributed by atoms with E-state index in [1.165, 1.54) is 0 Å². The standard InChI is InChI=1S/C23H27NO4/c1-2-3-12-27-13-14-28-21-7-4-17(5-8-21)18-6-9-22-20(15-18)16-19(23(25)26)10-11-24-22/h4-9,15-16,24H,2-3,10-14H2,1H3,(H,25,26). The van der Waals surface area contributed by atoms with Crippen molar-refractivity contribution < 1.29 is 19.4 Å². The van der Waals surface area contributed by atoms with Crippen molar-refractivity contribution >= 4 is 17.7 Å². The summed E-state index contributed by atoms with van der Waals surface area (Å²) in [5.74, 6) is -0.0486. The summed E-state index contributed by atoms with van der Waals surface area (Å²) in [4.78, 5) is 11.4. The Bertz CT molecular complexity index is 827. The zero-order chi connectivity index (χ0) is 19.8. The third kappa shape index (κ3) is 5.36. The Kier molecular flexibility index (Phi) is 7.09. The Morgan fingerprint density at radius 3 is 2.61 bits per heavy atom. The molecular formula is C23H27NO4. The fourth-order valence-corrected chi connectivity index (χ4v) is 3.09. The number of ether oxygens (including phenoxy) is 2. The van der Waals surface area contributed by atoms with Crippen molar-refractivity contribution in [2.24, 2.45) is 0 Å². The van der Waals surface area contributed by atoms with Crippen LogP contribution in [0.2, 0.25) is 0 Å². The first-order valence-electron chi connectivity index (χ1n) is 9.80. The molecule has 3 rings (SSSR count). The van der Waals surface area contributed by atoms with E-state index in [9.17, 15) is 9.90 Å². The topological polar surface area (TPSA) is 67.8 Å². The number of nitrogens with one attached hydrogen (secondary N) is 1. The molecule has 1 heterocycles. The van der Waals surface area contributed by atoms with Gasteiger partial charge in [-0.2, -0.15) is 0 Å². The number of fused-ring (bicyclic) bond motifs is 1. The molecule has 2 aromatic rings. The summed E-state index contributed by atoms with van der Waals surface area (Å²) < 4.78 is 11.2. The van der Waals surface area contributed by atoms with E-state index in [4.69, 9.17) is 9.47 Å². The zero-order valence-electron chi connectivity index (χ0n) is 16.2. The summed E-state index contributed by atoms with van der Waals surface area (Å²) >= 11 is 0. The van der Waals surface area contributed by atoms with E-state index in [0.717, 1.165) is 47.6 Å². The highest BCUT2D eigenvalue weighted by atomic mass is 16.5. The smallest absolute Gasteiger partial charge is 0.331 e. The van der Waals surface area contributed by atoms with Crippen LogP contribution in [0, 0.1) is 0 Å². The fraction of sp³-hybridized carbons (Fsp3) is 0.348. The average molecular weight is 381 g/mol. The maximum atomic E-state index is 11.4. The molecule has 1 aliphatic heterocycles.